The highest BCUT2D eigenvalue weighted by molar-refractivity contribution is 5.85. The van der Waals surface area contributed by atoms with E-state index in [1.54, 1.807) is 0 Å². The van der Waals surface area contributed by atoms with Gasteiger partial charge in [-0.2, -0.15) is 0 Å². The van der Waals surface area contributed by atoms with Crippen molar-refractivity contribution in [2.24, 2.45) is 11.5 Å². The van der Waals surface area contributed by atoms with Gasteiger partial charge >= 0.3 is 0 Å². The van der Waals surface area contributed by atoms with Crippen LogP contribution in [0.4, 0.5) is 0 Å². The first-order valence-electron chi connectivity index (χ1n) is 6.39. The van der Waals surface area contributed by atoms with E-state index in [-0.39, 0.29) is 0 Å². The minimum absolute atomic E-state index is 0.345. The van der Waals surface area contributed by atoms with Gasteiger partial charge in [-0.15, -0.1) is 0 Å². The van der Waals surface area contributed by atoms with Gasteiger partial charge in [0.05, 0.1) is 6.10 Å². The van der Waals surface area contributed by atoms with Crippen molar-refractivity contribution in [3.8, 4) is 0 Å². The number of carbonyl (C=O) groups is 1. The molecule has 4 nitrogen and oxygen atoms in total. The zero-order valence-electron chi connectivity index (χ0n) is 10.5. The van der Waals surface area contributed by atoms with Crippen LogP contribution >= 0.6 is 0 Å². The molecule has 1 fully saturated rings. The fraction of sp³-hybridized carbons (Fsp3) is 0.500. The molecule has 1 aromatic carbocycles. The molecule has 0 aromatic heterocycles. The third-order valence-electron chi connectivity index (χ3n) is 3.63. The SMILES string of the molecule is NC(=O)C(N)(CCOC1CCC1)c1ccccc1. The first-order valence-corrected chi connectivity index (χ1v) is 6.39. The molecule has 1 aliphatic carbocycles. The summed E-state index contributed by atoms with van der Waals surface area (Å²) in [5, 5.41) is 0. The van der Waals surface area contributed by atoms with E-state index >= 15 is 0 Å². The zero-order chi connectivity index (χ0) is 13.0. The molecule has 4 heteroatoms. The number of primary amides is 1. The van der Waals surface area contributed by atoms with Crippen LogP contribution in [0.5, 0.6) is 0 Å². The van der Waals surface area contributed by atoms with Gasteiger partial charge in [-0.1, -0.05) is 30.3 Å². The van der Waals surface area contributed by atoms with Crippen LogP contribution in [0.3, 0.4) is 0 Å². The molecule has 0 saturated heterocycles. The van der Waals surface area contributed by atoms with E-state index in [0.29, 0.717) is 19.1 Å². The van der Waals surface area contributed by atoms with E-state index in [2.05, 4.69) is 0 Å². The predicted molar refractivity (Wildman–Crippen MR) is 69.7 cm³/mol. The second-order valence-corrected chi connectivity index (χ2v) is 4.88. The molecule has 4 N–H and O–H groups in total. The van der Waals surface area contributed by atoms with Crippen LogP contribution in [0.25, 0.3) is 0 Å². The number of amides is 1. The van der Waals surface area contributed by atoms with E-state index in [1.165, 1.54) is 6.42 Å². The number of benzene rings is 1. The summed E-state index contributed by atoms with van der Waals surface area (Å²) >= 11 is 0. The first kappa shape index (κ1) is 13.1. The van der Waals surface area contributed by atoms with E-state index in [9.17, 15) is 4.79 Å². The van der Waals surface area contributed by atoms with Crippen LogP contribution in [0, 0.1) is 0 Å². The molecule has 1 amide bonds. The Bertz CT molecular complexity index is 404. The number of rotatable bonds is 6. The van der Waals surface area contributed by atoms with Crippen LogP contribution in [0.1, 0.15) is 31.2 Å². The second-order valence-electron chi connectivity index (χ2n) is 4.88. The Kier molecular flexibility index (Phi) is 3.99. The van der Waals surface area contributed by atoms with Crippen molar-refractivity contribution in [2.75, 3.05) is 6.61 Å². The second kappa shape index (κ2) is 5.50. The van der Waals surface area contributed by atoms with Gasteiger partial charge < -0.3 is 16.2 Å². The minimum Gasteiger partial charge on any atom is -0.378 e. The van der Waals surface area contributed by atoms with Gasteiger partial charge in [0.1, 0.15) is 5.54 Å². The Morgan fingerprint density at radius 1 is 1.33 bits per heavy atom. The molecular weight excluding hydrogens is 228 g/mol. The Morgan fingerprint density at radius 3 is 2.50 bits per heavy atom. The average Bonchev–Trinajstić information content (AvgIpc) is 2.33. The van der Waals surface area contributed by atoms with Crippen LogP contribution in [-0.2, 0) is 15.1 Å². The summed E-state index contributed by atoms with van der Waals surface area (Å²) in [5.41, 5.74) is 11.2. The maximum absolute atomic E-state index is 11.6. The molecule has 2 rings (SSSR count). The molecule has 1 atom stereocenters. The third kappa shape index (κ3) is 2.71. The molecule has 1 saturated carbocycles. The standard InChI is InChI=1S/C14H20N2O2/c15-13(17)14(16,11-5-2-1-3-6-11)9-10-18-12-7-4-8-12/h1-3,5-6,12H,4,7-10,16H2,(H2,15,17). The summed E-state index contributed by atoms with van der Waals surface area (Å²) in [5.74, 6) is -0.508. The molecule has 0 spiro atoms. The van der Waals surface area contributed by atoms with Gasteiger partial charge in [-0.05, 0) is 24.8 Å². The number of carbonyl (C=O) groups excluding carboxylic acids is 1. The van der Waals surface area contributed by atoms with Crippen molar-refractivity contribution in [3.05, 3.63) is 35.9 Å². The minimum atomic E-state index is -1.13. The molecule has 1 aliphatic rings. The summed E-state index contributed by atoms with van der Waals surface area (Å²) in [6.45, 7) is 0.471. The lowest BCUT2D eigenvalue weighted by atomic mass is 9.87. The van der Waals surface area contributed by atoms with E-state index < -0.39 is 11.4 Å². The van der Waals surface area contributed by atoms with Crippen molar-refractivity contribution >= 4 is 5.91 Å². The molecule has 18 heavy (non-hydrogen) atoms. The predicted octanol–water partition coefficient (Wildman–Crippen LogP) is 1.29. The van der Waals surface area contributed by atoms with Crippen molar-refractivity contribution in [2.45, 2.75) is 37.3 Å². The summed E-state index contributed by atoms with van der Waals surface area (Å²) in [6, 6.07) is 9.25. The number of ether oxygens (including phenoxy) is 1. The van der Waals surface area contributed by atoms with Crippen LogP contribution in [0.2, 0.25) is 0 Å². The molecular formula is C14H20N2O2. The lowest BCUT2D eigenvalue weighted by Crippen LogP contribution is -2.50. The Balaban J connectivity index is 1.99. The monoisotopic (exact) mass is 248 g/mol. The summed E-state index contributed by atoms with van der Waals surface area (Å²) in [4.78, 5) is 11.6. The summed E-state index contributed by atoms with van der Waals surface area (Å²) in [7, 11) is 0. The number of hydrogen-bond acceptors (Lipinski definition) is 3. The van der Waals surface area contributed by atoms with Gasteiger partial charge in [0.25, 0.3) is 0 Å². The van der Waals surface area contributed by atoms with Crippen molar-refractivity contribution < 1.29 is 9.53 Å². The molecule has 0 bridgehead atoms. The maximum atomic E-state index is 11.6. The zero-order valence-corrected chi connectivity index (χ0v) is 10.5. The molecule has 98 valence electrons. The Morgan fingerprint density at radius 2 is 2.00 bits per heavy atom. The smallest absolute Gasteiger partial charge is 0.242 e. The fourth-order valence-electron chi connectivity index (χ4n) is 2.07. The van der Waals surface area contributed by atoms with E-state index in [0.717, 1.165) is 18.4 Å². The van der Waals surface area contributed by atoms with Gasteiger partial charge in [-0.3, -0.25) is 4.79 Å². The van der Waals surface area contributed by atoms with Gasteiger partial charge in [0.2, 0.25) is 5.91 Å². The van der Waals surface area contributed by atoms with Gasteiger partial charge in [0, 0.05) is 13.0 Å². The lowest BCUT2D eigenvalue weighted by Gasteiger charge is -2.30. The van der Waals surface area contributed by atoms with Crippen molar-refractivity contribution in [3.63, 3.8) is 0 Å². The topological polar surface area (TPSA) is 78.3 Å². The molecule has 1 unspecified atom stereocenters. The van der Waals surface area contributed by atoms with Crippen LogP contribution in [0.15, 0.2) is 30.3 Å². The van der Waals surface area contributed by atoms with Gasteiger partial charge in [-0.25, -0.2) is 0 Å². The quantitative estimate of drug-likeness (QED) is 0.796. The number of nitrogens with two attached hydrogens (primary N) is 2. The lowest BCUT2D eigenvalue weighted by molar-refractivity contribution is -0.124. The normalized spacial score (nSPS) is 18.9. The average molecular weight is 248 g/mol. The highest BCUT2D eigenvalue weighted by Crippen LogP contribution is 2.25. The van der Waals surface area contributed by atoms with Crippen LogP contribution < -0.4 is 11.5 Å². The van der Waals surface area contributed by atoms with Gasteiger partial charge in [0.15, 0.2) is 0 Å². The van der Waals surface area contributed by atoms with Crippen molar-refractivity contribution in [1.82, 2.24) is 0 Å². The molecule has 0 heterocycles. The third-order valence-corrected chi connectivity index (χ3v) is 3.63. The highest BCUT2D eigenvalue weighted by Gasteiger charge is 2.34. The Labute approximate surface area is 107 Å². The molecule has 1 aromatic rings. The van der Waals surface area contributed by atoms with E-state index in [1.807, 2.05) is 30.3 Å². The summed E-state index contributed by atoms with van der Waals surface area (Å²) < 4.78 is 5.66. The maximum Gasteiger partial charge on any atom is 0.242 e. The largest absolute Gasteiger partial charge is 0.378 e. The van der Waals surface area contributed by atoms with Crippen LogP contribution in [-0.4, -0.2) is 18.6 Å². The molecule has 0 radical (unpaired) electrons. The highest BCUT2D eigenvalue weighted by atomic mass is 16.5. The molecule has 0 aliphatic heterocycles. The fourth-order valence-corrected chi connectivity index (χ4v) is 2.07. The summed E-state index contributed by atoms with van der Waals surface area (Å²) in [6.07, 6.45) is 4.22. The number of hydrogen-bond donors (Lipinski definition) is 2. The van der Waals surface area contributed by atoms with Crippen molar-refractivity contribution in [1.29, 1.82) is 0 Å². The van der Waals surface area contributed by atoms with E-state index in [4.69, 9.17) is 16.2 Å². The Hall–Kier alpha value is -1.39. The first-order chi connectivity index (χ1) is 8.63.